The molecular formula is C34H28N2S. The Hall–Kier alpha value is -3.95. The van der Waals surface area contributed by atoms with Crippen LogP contribution in [0.4, 0.5) is 11.4 Å². The first-order chi connectivity index (χ1) is 17.9. The van der Waals surface area contributed by atoms with Gasteiger partial charge in [-0.2, -0.15) is 0 Å². The van der Waals surface area contributed by atoms with Crippen LogP contribution in [-0.4, -0.2) is 4.98 Å². The number of nitrogens with zero attached hydrogens (tertiary/aromatic N) is 1. The van der Waals surface area contributed by atoms with Gasteiger partial charge in [-0.25, -0.2) is 0 Å². The Bertz CT molecular complexity index is 1840. The van der Waals surface area contributed by atoms with Gasteiger partial charge in [0.15, 0.2) is 0 Å². The van der Waals surface area contributed by atoms with Gasteiger partial charge < -0.3 is 5.32 Å². The molecule has 7 rings (SSSR count). The van der Waals surface area contributed by atoms with Crippen molar-refractivity contribution in [2.45, 2.75) is 33.1 Å². The molecule has 0 atom stereocenters. The van der Waals surface area contributed by atoms with E-state index in [0.717, 1.165) is 16.9 Å². The molecule has 2 bridgehead atoms. The number of hydrogen-bond acceptors (Lipinski definition) is 3. The number of fused-ring (bicyclic) bond motifs is 10. The van der Waals surface area contributed by atoms with Crippen molar-refractivity contribution in [2.24, 2.45) is 0 Å². The second-order valence-electron chi connectivity index (χ2n) is 11.0. The SMILES string of the molecule is Cc1c2cccc1-c1ccc3sc4c(C(C)(C)C)cccc4c3c1Nc1ccc(-c3ccccn3)cc1-2. The normalized spacial score (nSPS) is 12.5. The molecule has 2 nitrogen and oxygen atoms in total. The first-order valence-electron chi connectivity index (χ1n) is 12.8. The molecule has 0 spiro atoms. The second kappa shape index (κ2) is 8.03. The molecule has 0 saturated carbocycles. The van der Waals surface area contributed by atoms with Crippen molar-refractivity contribution in [1.82, 2.24) is 4.98 Å². The number of aromatic nitrogens is 1. The average Bonchev–Trinajstić information content (AvgIpc) is 3.28. The predicted molar refractivity (Wildman–Crippen MR) is 160 cm³/mol. The van der Waals surface area contributed by atoms with Gasteiger partial charge in [0.2, 0.25) is 0 Å². The third-order valence-electron chi connectivity index (χ3n) is 7.63. The highest BCUT2D eigenvalue weighted by atomic mass is 32.1. The van der Waals surface area contributed by atoms with Crippen molar-refractivity contribution in [3.8, 4) is 33.5 Å². The highest BCUT2D eigenvalue weighted by Crippen LogP contribution is 2.50. The summed E-state index contributed by atoms with van der Waals surface area (Å²) >= 11 is 1.91. The fourth-order valence-electron chi connectivity index (χ4n) is 5.76. The Labute approximate surface area is 221 Å². The van der Waals surface area contributed by atoms with Gasteiger partial charge in [0.25, 0.3) is 0 Å². The minimum atomic E-state index is 0.0850. The van der Waals surface area contributed by atoms with E-state index in [1.165, 1.54) is 59.2 Å². The number of thiophene rings is 1. The van der Waals surface area contributed by atoms with Gasteiger partial charge in [-0.3, -0.25) is 4.98 Å². The average molecular weight is 497 g/mol. The molecule has 0 fully saturated rings. The van der Waals surface area contributed by atoms with Crippen molar-refractivity contribution in [3.05, 3.63) is 102 Å². The monoisotopic (exact) mass is 496 g/mol. The zero-order chi connectivity index (χ0) is 25.3. The molecule has 0 saturated heterocycles. The van der Waals surface area contributed by atoms with Gasteiger partial charge in [0, 0.05) is 48.7 Å². The summed E-state index contributed by atoms with van der Waals surface area (Å²) in [7, 11) is 0. The second-order valence-corrected chi connectivity index (χ2v) is 12.0. The highest BCUT2D eigenvalue weighted by Gasteiger charge is 2.24. The van der Waals surface area contributed by atoms with Gasteiger partial charge in [-0.05, 0) is 64.9 Å². The summed E-state index contributed by atoms with van der Waals surface area (Å²) < 4.78 is 2.71. The van der Waals surface area contributed by atoms with Gasteiger partial charge in [0.1, 0.15) is 0 Å². The predicted octanol–water partition coefficient (Wildman–Crippen LogP) is 10.1. The lowest BCUT2D eigenvalue weighted by Crippen LogP contribution is -2.10. The molecule has 1 N–H and O–H groups in total. The molecule has 0 radical (unpaired) electrons. The number of pyridine rings is 1. The van der Waals surface area contributed by atoms with Crippen LogP contribution in [0, 0.1) is 6.92 Å². The maximum atomic E-state index is 4.61. The van der Waals surface area contributed by atoms with Crippen LogP contribution >= 0.6 is 11.3 Å². The van der Waals surface area contributed by atoms with Crippen molar-refractivity contribution in [3.63, 3.8) is 0 Å². The van der Waals surface area contributed by atoms with E-state index in [0.29, 0.717) is 0 Å². The number of benzene rings is 4. The molecule has 1 aliphatic heterocycles. The van der Waals surface area contributed by atoms with E-state index in [1.807, 2.05) is 29.7 Å². The van der Waals surface area contributed by atoms with Crippen molar-refractivity contribution in [2.75, 3.05) is 5.32 Å². The quantitative estimate of drug-likeness (QED) is 0.244. The fourth-order valence-corrected chi connectivity index (χ4v) is 7.19. The lowest BCUT2D eigenvalue weighted by atomic mass is 9.85. The largest absolute Gasteiger partial charge is 0.354 e. The van der Waals surface area contributed by atoms with Crippen LogP contribution in [0.3, 0.4) is 0 Å². The molecule has 0 unspecified atom stereocenters. The standard InChI is InChI=1S/C34H28N2S/c1-20-22-9-7-10-23(20)26-19-21(28-13-5-6-18-35-28)14-16-29(26)36-32-24(22)15-17-30-31(32)25-11-8-12-27(33(25)37-30)34(2,3)4/h5-19,36H,1-4H3. The Balaban J connectivity index is 1.55. The van der Waals surface area contributed by atoms with E-state index in [-0.39, 0.29) is 5.41 Å². The number of hydrogen-bond donors (Lipinski definition) is 1. The summed E-state index contributed by atoms with van der Waals surface area (Å²) in [6.07, 6.45) is 1.86. The summed E-state index contributed by atoms with van der Waals surface area (Å²) in [5.74, 6) is 0. The Morgan fingerprint density at radius 1 is 0.757 bits per heavy atom. The third kappa shape index (κ3) is 3.42. The molecule has 37 heavy (non-hydrogen) atoms. The minimum Gasteiger partial charge on any atom is -0.354 e. The highest BCUT2D eigenvalue weighted by molar-refractivity contribution is 7.26. The summed E-state index contributed by atoms with van der Waals surface area (Å²) in [5, 5.41) is 6.57. The molecule has 6 aromatic rings. The first-order valence-corrected chi connectivity index (χ1v) is 13.6. The zero-order valence-corrected chi connectivity index (χ0v) is 22.3. The molecule has 2 aromatic heterocycles. The van der Waals surface area contributed by atoms with Gasteiger partial charge in [0.05, 0.1) is 11.4 Å². The fraction of sp³-hybridized carbons (Fsp3) is 0.147. The van der Waals surface area contributed by atoms with Gasteiger partial charge in [-0.1, -0.05) is 75.4 Å². The summed E-state index contributed by atoms with van der Waals surface area (Å²) in [5.41, 5.74) is 12.2. The van der Waals surface area contributed by atoms with Gasteiger partial charge >= 0.3 is 0 Å². The lowest BCUT2D eigenvalue weighted by Gasteiger charge is -2.24. The molecule has 0 aliphatic carbocycles. The summed E-state index contributed by atoms with van der Waals surface area (Å²) in [4.78, 5) is 4.61. The van der Waals surface area contributed by atoms with Crippen LogP contribution in [0.5, 0.6) is 0 Å². The number of anilines is 2. The van der Waals surface area contributed by atoms with E-state index in [4.69, 9.17) is 0 Å². The van der Waals surface area contributed by atoms with E-state index in [9.17, 15) is 0 Å². The number of nitrogens with one attached hydrogen (secondary N) is 1. The smallest absolute Gasteiger partial charge is 0.0702 e. The maximum Gasteiger partial charge on any atom is 0.0702 e. The molecule has 1 aliphatic rings. The molecule has 180 valence electrons. The molecule has 3 heterocycles. The Morgan fingerprint density at radius 3 is 2.35 bits per heavy atom. The van der Waals surface area contributed by atoms with Crippen LogP contribution in [0.25, 0.3) is 53.7 Å². The summed E-state index contributed by atoms with van der Waals surface area (Å²) in [6.45, 7) is 9.17. The molecule has 3 heteroatoms. The zero-order valence-electron chi connectivity index (χ0n) is 21.5. The van der Waals surface area contributed by atoms with Crippen LogP contribution in [0.2, 0.25) is 0 Å². The lowest BCUT2D eigenvalue weighted by molar-refractivity contribution is 0.597. The topological polar surface area (TPSA) is 24.9 Å². The van der Waals surface area contributed by atoms with Crippen LogP contribution in [0.15, 0.2) is 91.1 Å². The maximum absolute atomic E-state index is 4.61. The van der Waals surface area contributed by atoms with Crippen molar-refractivity contribution < 1.29 is 0 Å². The van der Waals surface area contributed by atoms with Crippen LogP contribution in [-0.2, 0) is 5.41 Å². The molecular weight excluding hydrogens is 468 g/mol. The Morgan fingerprint density at radius 2 is 1.57 bits per heavy atom. The van der Waals surface area contributed by atoms with E-state index in [1.54, 1.807) is 0 Å². The first kappa shape index (κ1) is 22.3. The number of rotatable bonds is 1. The van der Waals surface area contributed by atoms with Crippen LogP contribution < -0.4 is 5.32 Å². The van der Waals surface area contributed by atoms with Gasteiger partial charge in [-0.15, -0.1) is 11.3 Å². The van der Waals surface area contributed by atoms with E-state index < -0.39 is 0 Å². The third-order valence-corrected chi connectivity index (χ3v) is 8.83. The van der Waals surface area contributed by atoms with Crippen LogP contribution in [0.1, 0.15) is 31.9 Å². The molecule has 0 amide bonds. The molecule has 4 aromatic carbocycles. The minimum absolute atomic E-state index is 0.0850. The van der Waals surface area contributed by atoms with E-state index >= 15 is 0 Å². The summed E-state index contributed by atoms with van der Waals surface area (Å²) in [6, 6.07) is 30.9. The van der Waals surface area contributed by atoms with E-state index in [2.05, 4.69) is 111 Å². The Kier molecular flexibility index (Phi) is 4.83. The van der Waals surface area contributed by atoms with Crippen molar-refractivity contribution >= 4 is 42.9 Å². The van der Waals surface area contributed by atoms with Crippen molar-refractivity contribution in [1.29, 1.82) is 0 Å².